The number of hydrogen-bond acceptors (Lipinski definition) is 2. The Bertz CT molecular complexity index is 528. The number of thiophene rings is 1. The average molecular weight is 271 g/mol. The van der Waals surface area contributed by atoms with Gasteiger partial charge in [0.15, 0.2) is 0 Å². The van der Waals surface area contributed by atoms with Gasteiger partial charge in [0.2, 0.25) is 0 Å². The zero-order chi connectivity index (χ0) is 13.3. The summed E-state index contributed by atoms with van der Waals surface area (Å²) in [4.78, 5) is 2.08. The molecule has 2 aromatic rings. The maximum Gasteiger partial charge on any atom is 0.416 e. The Hall–Kier alpha value is -1.33. The fourth-order valence-corrected chi connectivity index (χ4v) is 2.57. The molecule has 1 unspecified atom stereocenters. The zero-order valence-electron chi connectivity index (χ0n) is 9.66. The van der Waals surface area contributed by atoms with Gasteiger partial charge in [-0.3, -0.25) is 0 Å². The van der Waals surface area contributed by atoms with E-state index in [1.165, 1.54) is 12.1 Å². The Morgan fingerprint density at radius 2 is 1.67 bits per heavy atom. The van der Waals surface area contributed by atoms with Crippen LogP contribution in [0, 0.1) is 6.92 Å². The molecule has 96 valence electrons. The second-order valence-electron chi connectivity index (χ2n) is 4.05. The molecular weight excluding hydrogens is 259 g/mol. The largest absolute Gasteiger partial charge is 0.416 e. The van der Waals surface area contributed by atoms with E-state index < -0.39 is 11.7 Å². The number of alkyl halides is 3. The van der Waals surface area contributed by atoms with Crippen molar-refractivity contribution >= 4 is 11.3 Å². The monoisotopic (exact) mass is 271 g/mol. The lowest BCUT2D eigenvalue weighted by atomic mass is 10.0. The van der Waals surface area contributed by atoms with Crippen LogP contribution in [0.2, 0.25) is 0 Å². The van der Waals surface area contributed by atoms with Crippen LogP contribution in [0.3, 0.4) is 0 Å². The first-order chi connectivity index (χ1) is 8.38. The van der Waals surface area contributed by atoms with E-state index in [9.17, 15) is 13.2 Å². The molecule has 0 spiro atoms. The molecule has 2 rings (SSSR count). The number of hydrogen-bond donors (Lipinski definition) is 1. The van der Waals surface area contributed by atoms with Gasteiger partial charge >= 0.3 is 6.18 Å². The van der Waals surface area contributed by atoms with Crippen molar-refractivity contribution in [2.45, 2.75) is 19.1 Å². The average Bonchev–Trinajstić information content (AvgIpc) is 2.74. The molecule has 2 N–H and O–H groups in total. The van der Waals surface area contributed by atoms with Gasteiger partial charge in [-0.15, -0.1) is 11.3 Å². The number of aryl methyl sites for hydroxylation is 1. The molecule has 0 aliphatic rings. The first-order valence-corrected chi connectivity index (χ1v) is 6.18. The summed E-state index contributed by atoms with van der Waals surface area (Å²) in [7, 11) is 0. The van der Waals surface area contributed by atoms with E-state index in [1.54, 1.807) is 11.3 Å². The van der Waals surface area contributed by atoms with E-state index in [0.717, 1.165) is 21.9 Å². The standard InChI is InChI=1S/C13H12F3NS/c1-8-2-7-11(18-8)12(17)9-3-5-10(6-4-9)13(14,15)16/h2-7,12H,17H2,1H3. The highest BCUT2D eigenvalue weighted by Gasteiger charge is 2.30. The van der Waals surface area contributed by atoms with E-state index in [0.29, 0.717) is 5.56 Å². The maximum atomic E-state index is 12.4. The zero-order valence-corrected chi connectivity index (χ0v) is 10.5. The smallest absolute Gasteiger partial charge is 0.320 e. The normalized spacial score (nSPS) is 13.6. The first kappa shape index (κ1) is 13.1. The van der Waals surface area contributed by atoms with Crippen molar-refractivity contribution in [3.8, 4) is 0 Å². The Morgan fingerprint density at radius 3 is 2.11 bits per heavy atom. The summed E-state index contributed by atoms with van der Waals surface area (Å²) in [5.74, 6) is 0. The Labute approximate surface area is 107 Å². The molecule has 5 heteroatoms. The second-order valence-corrected chi connectivity index (χ2v) is 5.37. The van der Waals surface area contributed by atoms with Crippen LogP contribution in [0.4, 0.5) is 13.2 Å². The molecule has 0 aliphatic carbocycles. The topological polar surface area (TPSA) is 26.0 Å². The lowest BCUT2D eigenvalue weighted by molar-refractivity contribution is -0.137. The summed E-state index contributed by atoms with van der Waals surface area (Å²) in [6, 6.07) is 8.48. The van der Waals surface area contributed by atoms with Crippen molar-refractivity contribution in [2.75, 3.05) is 0 Å². The molecule has 1 atom stereocenters. The SMILES string of the molecule is Cc1ccc(C(N)c2ccc(C(F)(F)F)cc2)s1. The lowest BCUT2D eigenvalue weighted by Gasteiger charge is -2.12. The fraction of sp³-hybridized carbons (Fsp3) is 0.231. The lowest BCUT2D eigenvalue weighted by Crippen LogP contribution is -2.11. The van der Waals surface area contributed by atoms with Crippen LogP contribution in [-0.4, -0.2) is 0 Å². The third kappa shape index (κ3) is 2.73. The van der Waals surface area contributed by atoms with Crippen molar-refractivity contribution in [1.82, 2.24) is 0 Å². The van der Waals surface area contributed by atoms with Crippen LogP contribution in [0.1, 0.15) is 26.9 Å². The minimum Gasteiger partial charge on any atom is -0.320 e. The summed E-state index contributed by atoms with van der Waals surface area (Å²) in [6.07, 6.45) is -4.30. The number of rotatable bonds is 2. The van der Waals surface area contributed by atoms with Crippen molar-refractivity contribution in [1.29, 1.82) is 0 Å². The van der Waals surface area contributed by atoms with E-state index in [-0.39, 0.29) is 6.04 Å². The molecule has 0 aliphatic heterocycles. The van der Waals surface area contributed by atoms with Gasteiger partial charge in [-0.1, -0.05) is 12.1 Å². The van der Waals surface area contributed by atoms with Gasteiger partial charge in [0.1, 0.15) is 0 Å². The molecule has 1 nitrogen and oxygen atoms in total. The van der Waals surface area contributed by atoms with Crippen LogP contribution < -0.4 is 5.73 Å². The Balaban J connectivity index is 2.24. The van der Waals surface area contributed by atoms with Crippen molar-refractivity contribution in [3.05, 3.63) is 57.3 Å². The van der Waals surface area contributed by atoms with E-state index in [4.69, 9.17) is 5.73 Å². The van der Waals surface area contributed by atoms with Crippen molar-refractivity contribution in [3.63, 3.8) is 0 Å². The van der Waals surface area contributed by atoms with E-state index in [1.807, 2.05) is 19.1 Å². The molecule has 18 heavy (non-hydrogen) atoms. The third-order valence-electron chi connectivity index (χ3n) is 2.66. The second kappa shape index (κ2) is 4.74. The van der Waals surface area contributed by atoms with Gasteiger partial charge in [-0.25, -0.2) is 0 Å². The molecule has 0 amide bonds. The Morgan fingerprint density at radius 1 is 1.06 bits per heavy atom. The highest BCUT2D eigenvalue weighted by Crippen LogP contribution is 2.31. The third-order valence-corrected chi connectivity index (χ3v) is 3.75. The number of benzene rings is 1. The Kier molecular flexibility index (Phi) is 3.45. The summed E-state index contributed by atoms with van der Waals surface area (Å²) in [5.41, 5.74) is 6.05. The maximum absolute atomic E-state index is 12.4. The molecule has 0 bridgehead atoms. The predicted octanol–water partition coefficient (Wildman–Crippen LogP) is 4.12. The predicted molar refractivity (Wildman–Crippen MR) is 66.5 cm³/mol. The molecule has 1 aromatic carbocycles. The van der Waals surface area contributed by atoms with Gasteiger partial charge < -0.3 is 5.73 Å². The summed E-state index contributed by atoms with van der Waals surface area (Å²) in [6.45, 7) is 1.97. The van der Waals surface area contributed by atoms with Crippen LogP contribution in [0.5, 0.6) is 0 Å². The fourth-order valence-electron chi connectivity index (χ4n) is 1.66. The van der Waals surface area contributed by atoms with Gasteiger partial charge in [-0.05, 0) is 36.8 Å². The highest BCUT2D eigenvalue weighted by atomic mass is 32.1. The summed E-state index contributed by atoms with van der Waals surface area (Å²) >= 11 is 1.55. The summed E-state index contributed by atoms with van der Waals surface area (Å²) in [5, 5.41) is 0. The van der Waals surface area contributed by atoms with Crippen molar-refractivity contribution < 1.29 is 13.2 Å². The van der Waals surface area contributed by atoms with Crippen LogP contribution in [0.25, 0.3) is 0 Å². The number of halogens is 3. The quantitative estimate of drug-likeness (QED) is 0.873. The van der Waals surface area contributed by atoms with Crippen LogP contribution >= 0.6 is 11.3 Å². The molecule has 1 aromatic heterocycles. The molecule has 1 heterocycles. The summed E-state index contributed by atoms with van der Waals surface area (Å²) < 4.78 is 37.3. The molecule has 0 radical (unpaired) electrons. The minimum absolute atomic E-state index is 0.369. The first-order valence-electron chi connectivity index (χ1n) is 5.37. The van der Waals surface area contributed by atoms with Gasteiger partial charge in [0, 0.05) is 9.75 Å². The highest BCUT2D eigenvalue weighted by molar-refractivity contribution is 7.12. The molecule has 0 saturated heterocycles. The van der Waals surface area contributed by atoms with Gasteiger partial charge in [0.05, 0.1) is 11.6 Å². The minimum atomic E-state index is -4.30. The van der Waals surface area contributed by atoms with E-state index in [2.05, 4.69) is 0 Å². The molecule has 0 fully saturated rings. The van der Waals surface area contributed by atoms with Gasteiger partial charge in [0.25, 0.3) is 0 Å². The van der Waals surface area contributed by atoms with Crippen LogP contribution in [0.15, 0.2) is 36.4 Å². The number of nitrogens with two attached hydrogens (primary N) is 1. The molecule has 0 saturated carbocycles. The molecular formula is C13H12F3NS. The van der Waals surface area contributed by atoms with Crippen LogP contribution in [-0.2, 0) is 6.18 Å². The van der Waals surface area contributed by atoms with E-state index >= 15 is 0 Å². The van der Waals surface area contributed by atoms with Crippen molar-refractivity contribution in [2.24, 2.45) is 5.73 Å². The van der Waals surface area contributed by atoms with Gasteiger partial charge in [-0.2, -0.15) is 13.2 Å².